The van der Waals surface area contributed by atoms with Crippen molar-refractivity contribution in [3.05, 3.63) is 0 Å². The highest BCUT2D eigenvalue weighted by molar-refractivity contribution is 7.90. The molecule has 0 rings (SSSR count). The molecule has 410 valence electrons. The Morgan fingerprint density at radius 1 is 0.176 bits per heavy atom. The number of hydrogen-bond acceptors (Lipinski definition) is 2. The Bertz CT molecular complexity index is 1980. The molecule has 3 nitrogen and oxygen atoms in total. The maximum Gasteiger partial charge on any atom is 0.302 e. The molecule has 0 spiro atoms. The Balaban J connectivity index is 8.10. The van der Waals surface area contributed by atoms with E-state index in [0.717, 1.165) is 0 Å². The van der Waals surface area contributed by atoms with Gasteiger partial charge in [-0.15, -0.1) is 0 Å². The lowest BCUT2D eigenvalue weighted by molar-refractivity contribution is 0.385. The van der Waals surface area contributed by atoms with Crippen LogP contribution in [0.15, 0.2) is 0 Å². The van der Waals surface area contributed by atoms with Gasteiger partial charge in [0.2, 0.25) is 12.5 Å². The second kappa shape index (κ2) is 23.4. The average molecular weight is 1860 g/mol. The highest BCUT2D eigenvalue weighted by Crippen LogP contribution is 2.80. The standard InChI is InChI=1S/C21HCl43O3S/c22-1(23,2(24,25)4(28,29)6(32,33)8(36,37)10(40,41)12(44,45)14(48,49)16(52,53)18(56,57)20(60,61)62)3(26,27)5(30,31)7(34,35)9(38,39)11(42,43)13(46,47)15(50,51)17(54,55)19(58,59)21(63,64)68(65,66)67/h(H,65,66,67). The number of hydrogen-bond donors (Lipinski definition) is 1. The van der Waals surface area contributed by atoms with E-state index in [4.69, 9.17) is 499 Å². The summed E-state index contributed by atoms with van der Waals surface area (Å²) in [6.07, 6.45) is 0. The molecule has 0 saturated carbocycles. The summed E-state index contributed by atoms with van der Waals surface area (Å²) in [5, 5.41) is 0. The molecule has 68 heavy (non-hydrogen) atoms. The van der Waals surface area contributed by atoms with E-state index in [1.54, 1.807) is 0 Å². The van der Waals surface area contributed by atoms with E-state index in [1.165, 1.54) is 0 Å². The van der Waals surface area contributed by atoms with Crippen LogP contribution in [-0.2, 0) is 10.1 Å². The molecule has 0 unspecified atom stereocenters. The first-order chi connectivity index (χ1) is 28.2. The molecular formula is C21HCl43O3S. The van der Waals surface area contributed by atoms with Crippen molar-refractivity contribution in [1.82, 2.24) is 0 Å². The SMILES string of the molecule is O=S(=O)(O)C(Cl)(Cl)C(Cl)(Cl)C(Cl)(Cl)C(Cl)(Cl)C(Cl)(Cl)C(Cl)(Cl)C(Cl)(Cl)C(Cl)(Cl)C(Cl)(Cl)C(Cl)(Cl)C(Cl)(Cl)C(Cl)(Cl)C(Cl)(Cl)C(Cl)(Cl)C(Cl)(Cl)C(Cl)(Cl)C(Cl)(Cl)C(Cl)(Cl)C(Cl)(Cl)C(Cl)(Cl)C(Cl)(Cl)Cl. The van der Waals surface area contributed by atoms with Crippen molar-refractivity contribution in [1.29, 1.82) is 0 Å². The predicted octanol–water partition coefficient (Wildman–Crippen LogP) is 24.7. The van der Waals surface area contributed by atoms with Crippen LogP contribution in [0.1, 0.15) is 0 Å². The monoisotopic (exact) mass is 1840 g/mol. The summed E-state index contributed by atoms with van der Waals surface area (Å²) in [5.74, 6) is 0. The Morgan fingerprint density at radius 2 is 0.265 bits per heavy atom. The molecule has 0 heterocycles. The molecule has 0 aromatic heterocycles. The molecule has 0 aliphatic heterocycles. The molecule has 0 bridgehead atoms. The lowest BCUT2D eigenvalue weighted by Gasteiger charge is -2.59. The molecule has 0 aliphatic carbocycles. The van der Waals surface area contributed by atoms with Crippen LogP contribution in [0, 0.1) is 0 Å². The van der Waals surface area contributed by atoms with Crippen molar-refractivity contribution in [2.45, 2.75) is 89.8 Å². The number of rotatable bonds is 20. The largest absolute Gasteiger partial charge is 0.302 e. The van der Waals surface area contributed by atoms with Crippen molar-refractivity contribution >= 4 is 509 Å². The minimum Gasteiger partial charge on any atom is -0.283 e. The summed E-state index contributed by atoms with van der Waals surface area (Å²) < 4.78 is -44.4. The zero-order chi connectivity index (χ0) is 57.0. The highest BCUT2D eigenvalue weighted by Gasteiger charge is 2.89. The van der Waals surface area contributed by atoms with Gasteiger partial charge < -0.3 is 0 Å². The fraction of sp³-hybridized carbons (Fsp3) is 1.00. The molecule has 0 aromatic carbocycles. The zero-order valence-corrected chi connectivity index (χ0v) is 61.7. The van der Waals surface area contributed by atoms with Gasteiger partial charge in [0, 0.05) is 0 Å². The van der Waals surface area contributed by atoms with Crippen LogP contribution in [-0.4, -0.2) is 103 Å². The minimum absolute atomic E-state index is 2.93. The molecule has 0 fully saturated rings. The van der Waals surface area contributed by atoms with Gasteiger partial charge in [-0.2, -0.15) is 8.42 Å². The summed E-state index contributed by atoms with van der Waals surface area (Å²) in [4.78, 5) is 0. The Labute approximate surface area is 601 Å². The third-order valence-corrected chi connectivity index (χ3v) is 41.4. The van der Waals surface area contributed by atoms with Crippen molar-refractivity contribution < 1.29 is 13.0 Å². The molecule has 0 aliphatic rings. The van der Waals surface area contributed by atoms with E-state index in [0.29, 0.717) is 0 Å². The van der Waals surface area contributed by atoms with Crippen LogP contribution >= 0.6 is 499 Å². The summed E-state index contributed by atoms with van der Waals surface area (Å²) in [6.45, 7) is 0. The van der Waals surface area contributed by atoms with Crippen LogP contribution < -0.4 is 0 Å². The third-order valence-electron chi connectivity index (χ3n) is 8.14. The highest BCUT2D eigenvalue weighted by atomic mass is 35.6. The van der Waals surface area contributed by atoms with Gasteiger partial charge in [0.25, 0.3) is 3.67 Å². The van der Waals surface area contributed by atoms with Gasteiger partial charge in [0.15, 0.2) is 73.7 Å². The van der Waals surface area contributed by atoms with Gasteiger partial charge in [-0.25, -0.2) is 0 Å². The Hall–Kier alpha value is 12.4. The van der Waals surface area contributed by atoms with Crippen LogP contribution in [0.3, 0.4) is 0 Å². The topological polar surface area (TPSA) is 54.4 Å². The van der Waals surface area contributed by atoms with E-state index in [-0.39, 0.29) is 0 Å². The molecule has 0 aromatic rings. The third kappa shape index (κ3) is 11.6. The Kier molecular flexibility index (Phi) is 27.7. The molecule has 47 heteroatoms. The quantitative estimate of drug-likeness (QED) is 0.0976. The lowest BCUT2D eigenvalue weighted by Crippen LogP contribution is -2.76. The van der Waals surface area contributed by atoms with Gasteiger partial charge in [-0.3, -0.25) is 4.55 Å². The maximum absolute atomic E-state index is 12.1. The van der Waals surface area contributed by atoms with E-state index >= 15 is 0 Å². The van der Waals surface area contributed by atoms with E-state index < -0.39 is 99.9 Å². The van der Waals surface area contributed by atoms with E-state index in [2.05, 4.69) is 0 Å². The van der Waals surface area contributed by atoms with Crippen molar-refractivity contribution in [3.63, 3.8) is 0 Å². The van der Waals surface area contributed by atoms with Crippen LogP contribution in [0.25, 0.3) is 0 Å². The minimum atomic E-state index is -5.85. The maximum atomic E-state index is 12.1. The normalized spacial score (nSPS) is 17.5. The summed E-state index contributed by atoms with van der Waals surface area (Å²) in [7, 11) is -5.85. The average Bonchev–Trinajstić information content (AvgIpc) is 3.08. The smallest absolute Gasteiger partial charge is 0.283 e. The van der Waals surface area contributed by atoms with Gasteiger partial charge in [-0.05, 0) is 0 Å². The molecule has 0 amide bonds. The first kappa shape index (κ1) is 80.4. The van der Waals surface area contributed by atoms with Crippen molar-refractivity contribution in [3.8, 4) is 0 Å². The van der Waals surface area contributed by atoms with Gasteiger partial charge in [0.1, 0.15) is 0 Å². The Morgan fingerprint density at radius 3 is 0.353 bits per heavy atom. The van der Waals surface area contributed by atoms with Gasteiger partial charge >= 0.3 is 10.1 Å². The predicted molar refractivity (Wildman–Crippen MR) is 321 cm³/mol. The number of alkyl halides is 43. The fourth-order valence-corrected chi connectivity index (χ4v) is 19.7. The van der Waals surface area contributed by atoms with E-state index in [1.807, 2.05) is 0 Å². The second-order valence-electron chi connectivity index (χ2n) is 12.4. The van der Waals surface area contributed by atoms with Crippen LogP contribution in [0.4, 0.5) is 0 Å². The summed E-state index contributed by atoms with van der Waals surface area (Å²) in [6, 6.07) is 0. The molecule has 1 N–H and O–H groups in total. The fourth-order valence-electron chi connectivity index (χ4n) is 3.87. The second-order valence-corrected chi connectivity index (χ2v) is 43.2. The van der Waals surface area contributed by atoms with E-state index in [9.17, 15) is 13.0 Å². The summed E-state index contributed by atoms with van der Waals surface area (Å²) in [5.41, 5.74) is 0. The molecule has 0 saturated heterocycles. The zero-order valence-electron chi connectivity index (χ0n) is 28.4. The first-order valence-electron chi connectivity index (χ1n) is 13.8. The van der Waals surface area contributed by atoms with Crippen molar-refractivity contribution in [2.75, 3.05) is 0 Å². The molecule has 0 atom stereocenters. The van der Waals surface area contributed by atoms with Crippen molar-refractivity contribution in [2.24, 2.45) is 0 Å². The molecular weight excluding hydrogens is 1860 g/mol. The van der Waals surface area contributed by atoms with Gasteiger partial charge in [0.05, 0.1) is 0 Å². The summed E-state index contributed by atoms with van der Waals surface area (Å²) >= 11 is 274. The number of halogens is 43. The first-order valence-corrected chi connectivity index (χ1v) is 31.5. The van der Waals surface area contributed by atoms with Gasteiger partial charge in [-0.1, -0.05) is 499 Å². The van der Waals surface area contributed by atoms with Crippen LogP contribution in [0.5, 0.6) is 0 Å². The lowest BCUT2D eigenvalue weighted by atomic mass is 9.95. The molecule has 0 radical (unpaired) electrons. The van der Waals surface area contributed by atoms with Crippen LogP contribution in [0.2, 0.25) is 0 Å².